The first kappa shape index (κ1) is 17.6. The van der Waals surface area contributed by atoms with Gasteiger partial charge < -0.3 is 4.74 Å². The summed E-state index contributed by atoms with van der Waals surface area (Å²) in [5.74, 6) is -0.0860. The van der Waals surface area contributed by atoms with Crippen molar-refractivity contribution in [1.29, 1.82) is 0 Å². The summed E-state index contributed by atoms with van der Waals surface area (Å²) in [5.41, 5.74) is 0.997. The van der Waals surface area contributed by atoms with Crippen LogP contribution in [-0.4, -0.2) is 78.0 Å². The highest BCUT2D eigenvalue weighted by molar-refractivity contribution is 6.05. The topological polar surface area (TPSA) is 53.1 Å². The van der Waals surface area contributed by atoms with Crippen molar-refractivity contribution in [2.75, 3.05) is 39.3 Å². The summed E-state index contributed by atoms with van der Waals surface area (Å²) in [6.45, 7) is 5.83. The van der Waals surface area contributed by atoms with E-state index < -0.39 is 0 Å². The van der Waals surface area contributed by atoms with Gasteiger partial charge in [0.15, 0.2) is 0 Å². The van der Waals surface area contributed by atoms with E-state index in [9.17, 15) is 9.59 Å². The maximum absolute atomic E-state index is 12.8. The van der Waals surface area contributed by atoms with E-state index in [2.05, 4.69) is 9.80 Å². The molecule has 140 valence electrons. The largest absolute Gasteiger partial charge is 0.377 e. The van der Waals surface area contributed by atoms with E-state index in [1.165, 1.54) is 11.3 Å². The molecule has 3 aliphatic heterocycles. The number of ether oxygens (including phenoxy) is 1. The fourth-order valence-corrected chi connectivity index (χ4v) is 4.22. The van der Waals surface area contributed by atoms with Gasteiger partial charge in [-0.1, -0.05) is 30.3 Å². The Hall–Kier alpha value is -1.76. The number of imide groups is 1. The Balaban J connectivity index is 1.31. The van der Waals surface area contributed by atoms with Gasteiger partial charge in [-0.2, -0.15) is 0 Å². The van der Waals surface area contributed by atoms with E-state index >= 15 is 0 Å². The number of piperazine rings is 1. The molecule has 0 spiro atoms. The van der Waals surface area contributed by atoms with Crippen LogP contribution in [0.15, 0.2) is 30.3 Å². The Morgan fingerprint density at radius 3 is 2.50 bits per heavy atom. The number of nitrogens with zero attached hydrogens (tertiary/aromatic N) is 3. The normalized spacial score (nSPS) is 28.2. The summed E-state index contributed by atoms with van der Waals surface area (Å²) in [5, 5.41) is 0. The summed E-state index contributed by atoms with van der Waals surface area (Å²) in [6.07, 6.45) is 3.01. The molecule has 3 heterocycles. The lowest BCUT2D eigenvalue weighted by molar-refractivity contribution is -0.140. The van der Waals surface area contributed by atoms with Crippen LogP contribution < -0.4 is 0 Å². The van der Waals surface area contributed by atoms with Crippen molar-refractivity contribution in [1.82, 2.24) is 14.7 Å². The second-order valence-corrected chi connectivity index (χ2v) is 7.50. The fourth-order valence-electron chi connectivity index (χ4n) is 4.22. The van der Waals surface area contributed by atoms with Crippen molar-refractivity contribution in [3.63, 3.8) is 0 Å². The third-order valence-corrected chi connectivity index (χ3v) is 5.74. The molecule has 1 aromatic rings. The third-order valence-electron chi connectivity index (χ3n) is 5.74. The first-order chi connectivity index (χ1) is 12.7. The van der Waals surface area contributed by atoms with Crippen LogP contribution in [0.2, 0.25) is 0 Å². The number of rotatable bonds is 5. The number of benzene rings is 1. The SMILES string of the molecule is O=C1C[C@H](N2CCN(C[C@H]3CCCO3)CC2)C(=O)N1Cc1ccccc1. The number of hydrogen-bond donors (Lipinski definition) is 0. The third kappa shape index (κ3) is 3.82. The highest BCUT2D eigenvalue weighted by Gasteiger charge is 2.42. The Bertz CT molecular complexity index is 637. The minimum absolute atomic E-state index is 0.0357. The Morgan fingerprint density at radius 1 is 1.04 bits per heavy atom. The van der Waals surface area contributed by atoms with Gasteiger partial charge in [0.2, 0.25) is 11.8 Å². The van der Waals surface area contributed by atoms with Gasteiger partial charge >= 0.3 is 0 Å². The predicted octanol–water partition coefficient (Wildman–Crippen LogP) is 1.11. The second-order valence-electron chi connectivity index (χ2n) is 7.50. The number of hydrogen-bond acceptors (Lipinski definition) is 5. The van der Waals surface area contributed by atoms with Crippen LogP contribution >= 0.6 is 0 Å². The zero-order chi connectivity index (χ0) is 17.9. The standard InChI is InChI=1S/C20H27N3O3/c24-19-13-18(20(25)23(19)14-16-5-2-1-3-6-16)22-10-8-21(9-11-22)15-17-7-4-12-26-17/h1-3,5-6,17-18H,4,7-15H2/t17-,18+/m1/s1. The van der Waals surface area contributed by atoms with Gasteiger partial charge in [0, 0.05) is 39.3 Å². The molecule has 0 bridgehead atoms. The number of carbonyl (C=O) groups excluding carboxylic acids is 2. The Morgan fingerprint density at radius 2 is 1.81 bits per heavy atom. The number of carbonyl (C=O) groups is 2. The van der Waals surface area contributed by atoms with E-state index in [1.54, 1.807) is 0 Å². The van der Waals surface area contributed by atoms with Gasteiger partial charge in [-0.3, -0.25) is 24.3 Å². The van der Waals surface area contributed by atoms with E-state index in [0.29, 0.717) is 19.1 Å². The summed E-state index contributed by atoms with van der Waals surface area (Å²) in [4.78, 5) is 31.2. The number of likely N-dealkylation sites (tertiary alicyclic amines) is 1. The van der Waals surface area contributed by atoms with Crippen molar-refractivity contribution in [2.24, 2.45) is 0 Å². The van der Waals surface area contributed by atoms with Gasteiger partial charge in [0.05, 0.1) is 25.1 Å². The molecule has 3 saturated heterocycles. The predicted molar refractivity (Wildman–Crippen MR) is 97.4 cm³/mol. The van der Waals surface area contributed by atoms with Crippen LogP contribution in [0.25, 0.3) is 0 Å². The molecule has 0 aromatic heterocycles. The summed E-state index contributed by atoms with van der Waals surface area (Å²) in [7, 11) is 0. The zero-order valence-corrected chi connectivity index (χ0v) is 15.2. The van der Waals surface area contributed by atoms with Gasteiger partial charge in [0.25, 0.3) is 0 Å². The molecule has 26 heavy (non-hydrogen) atoms. The van der Waals surface area contributed by atoms with Crippen molar-refractivity contribution >= 4 is 11.8 Å². The molecule has 3 fully saturated rings. The average Bonchev–Trinajstić information content (AvgIpc) is 3.27. The molecule has 6 heteroatoms. The van der Waals surface area contributed by atoms with Gasteiger partial charge in [0.1, 0.15) is 0 Å². The van der Waals surface area contributed by atoms with Crippen LogP contribution in [-0.2, 0) is 20.9 Å². The molecule has 3 aliphatic rings. The van der Waals surface area contributed by atoms with Gasteiger partial charge in [-0.15, -0.1) is 0 Å². The summed E-state index contributed by atoms with van der Waals surface area (Å²) < 4.78 is 5.72. The zero-order valence-electron chi connectivity index (χ0n) is 15.2. The highest BCUT2D eigenvalue weighted by atomic mass is 16.5. The van der Waals surface area contributed by atoms with Crippen LogP contribution in [0.3, 0.4) is 0 Å². The molecule has 0 radical (unpaired) electrons. The lowest BCUT2D eigenvalue weighted by Crippen LogP contribution is -2.53. The summed E-state index contributed by atoms with van der Waals surface area (Å²) >= 11 is 0. The lowest BCUT2D eigenvalue weighted by Gasteiger charge is -2.37. The van der Waals surface area contributed by atoms with Crippen LogP contribution in [0.4, 0.5) is 0 Å². The van der Waals surface area contributed by atoms with Gasteiger partial charge in [-0.05, 0) is 18.4 Å². The quantitative estimate of drug-likeness (QED) is 0.739. The highest BCUT2D eigenvalue weighted by Crippen LogP contribution is 2.23. The molecule has 6 nitrogen and oxygen atoms in total. The molecule has 2 atom stereocenters. The molecule has 0 unspecified atom stereocenters. The molecule has 0 aliphatic carbocycles. The molecule has 0 N–H and O–H groups in total. The Labute approximate surface area is 154 Å². The van der Waals surface area contributed by atoms with Crippen LogP contribution in [0, 0.1) is 0 Å². The van der Waals surface area contributed by atoms with E-state index in [1.807, 2.05) is 30.3 Å². The van der Waals surface area contributed by atoms with Crippen LogP contribution in [0.1, 0.15) is 24.8 Å². The van der Waals surface area contributed by atoms with Crippen molar-refractivity contribution in [3.8, 4) is 0 Å². The van der Waals surface area contributed by atoms with Crippen molar-refractivity contribution < 1.29 is 14.3 Å². The smallest absolute Gasteiger partial charge is 0.247 e. The molecule has 0 saturated carbocycles. The monoisotopic (exact) mass is 357 g/mol. The minimum Gasteiger partial charge on any atom is -0.377 e. The van der Waals surface area contributed by atoms with Crippen LogP contribution in [0.5, 0.6) is 0 Å². The molecule has 4 rings (SSSR count). The Kier molecular flexibility index (Phi) is 5.33. The molecular formula is C20H27N3O3. The minimum atomic E-state index is -0.281. The fraction of sp³-hybridized carbons (Fsp3) is 0.600. The number of amides is 2. The van der Waals surface area contributed by atoms with E-state index in [0.717, 1.165) is 51.3 Å². The van der Waals surface area contributed by atoms with E-state index in [4.69, 9.17) is 4.74 Å². The molecule has 1 aromatic carbocycles. The molecular weight excluding hydrogens is 330 g/mol. The van der Waals surface area contributed by atoms with Crippen molar-refractivity contribution in [3.05, 3.63) is 35.9 Å². The first-order valence-electron chi connectivity index (χ1n) is 9.67. The first-order valence-corrected chi connectivity index (χ1v) is 9.67. The van der Waals surface area contributed by atoms with E-state index in [-0.39, 0.29) is 17.9 Å². The molecule has 2 amide bonds. The van der Waals surface area contributed by atoms with Gasteiger partial charge in [-0.25, -0.2) is 0 Å². The second kappa shape index (κ2) is 7.86. The lowest BCUT2D eigenvalue weighted by atomic mass is 10.1. The maximum Gasteiger partial charge on any atom is 0.247 e. The average molecular weight is 357 g/mol. The van der Waals surface area contributed by atoms with Crippen molar-refractivity contribution in [2.45, 2.75) is 38.0 Å². The maximum atomic E-state index is 12.8. The summed E-state index contributed by atoms with van der Waals surface area (Å²) in [6, 6.07) is 9.44.